The number of nitrogens with zero attached hydrogens (tertiary/aromatic N) is 3. The lowest BCUT2D eigenvalue weighted by molar-refractivity contribution is 0.411. The minimum absolute atomic E-state index is 0.516. The van der Waals surface area contributed by atoms with Gasteiger partial charge < -0.3 is 4.74 Å². The van der Waals surface area contributed by atoms with Crippen molar-refractivity contribution in [1.82, 2.24) is 15.0 Å². The Bertz CT molecular complexity index is 936. The average Bonchev–Trinajstić information content (AvgIpc) is 3.43. The lowest BCUT2D eigenvalue weighted by atomic mass is 10.2. The van der Waals surface area contributed by atoms with Gasteiger partial charge in [0.05, 0.1) is 12.6 Å². The third-order valence-corrected chi connectivity index (χ3v) is 3.77. The molecule has 4 rings (SSSR count). The second-order valence-electron chi connectivity index (χ2n) is 5.54. The fraction of sp³-hybridized carbons (Fsp3) is 0.211. The normalized spacial score (nSPS) is 13.4. The number of methoxy groups -OCH3 is 1. The second-order valence-corrected chi connectivity index (χ2v) is 5.54. The molecular formula is C19H15N3O. The Balaban J connectivity index is 1.77. The zero-order valence-electron chi connectivity index (χ0n) is 12.8. The molecule has 3 aromatic rings. The van der Waals surface area contributed by atoms with Gasteiger partial charge in [0.1, 0.15) is 5.69 Å². The molecule has 2 aromatic heterocycles. The third kappa shape index (κ3) is 2.86. The van der Waals surface area contributed by atoms with E-state index >= 15 is 0 Å². The maximum absolute atomic E-state index is 5.35. The van der Waals surface area contributed by atoms with E-state index in [1.165, 1.54) is 12.8 Å². The van der Waals surface area contributed by atoms with Crippen LogP contribution in [0.3, 0.4) is 0 Å². The molecule has 0 spiro atoms. The van der Waals surface area contributed by atoms with Crippen molar-refractivity contribution in [2.24, 2.45) is 5.92 Å². The van der Waals surface area contributed by atoms with Gasteiger partial charge in [0.2, 0.25) is 0 Å². The van der Waals surface area contributed by atoms with Crippen molar-refractivity contribution in [3.8, 4) is 29.1 Å². The van der Waals surface area contributed by atoms with Gasteiger partial charge in [-0.25, -0.2) is 15.0 Å². The molecule has 0 amide bonds. The molecule has 4 nitrogen and oxygen atoms in total. The summed E-state index contributed by atoms with van der Waals surface area (Å²) in [6, 6.07) is 11.6. The van der Waals surface area contributed by atoms with Crippen molar-refractivity contribution >= 4 is 10.9 Å². The molecule has 0 saturated heterocycles. The number of hydrogen-bond donors (Lipinski definition) is 0. The van der Waals surface area contributed by atoms with Crippen molar-refractivity contribution in [3.63, 3.8) is 0 Å². The van der Waals surface area contributed by atoms with E-state index in [4.69, 9.17) is 4.74 Å². The molecule has 2 heterocycles. The van der Waals surface area contributed by atoms with Crippen molar-refractivity contribution in [3.05, 3.63) is 48.3 Å². The van der Waals surface area contributed by atoms with Crippen molar-refractivity contribution in [2.75, 3.05) is 7.11 Å². The van der Waals surface area contributed by atoms with Gasteiger partial charge >= 0.3 is 0 Å². The van der Waals surface area contributed by atoms with Gasteiger partial charge in [0.25, 0.3) is 0 Å². The Morgan fingerprint density at radius 2 is 1.96 bits per heavy atom. The highest BCUT2D eigenvalue weighted by Crippen LogP contribution is 2.28. The molecule has 0 radical (unpaired) electrons. The number of para-hydroxylation sites is 1. The number of ether oxygens (including phenoxy) is 1. The van der Waals surface area contributed by atoms with Crippen LogP contribution in [0.2, 0.25) is 0 Å². The summed E-state index contributed by atoms with van der Waals surface area (Å²) in [6.07, 6.45) is 4.19. The third-order valence-electron chi connectivity index (χ3n) is 3.77. The number of pyridine rings is 1. The van der Waals surface area contributed by atoms with Crippen LogP contribution in [0.15, 0.2) is 42.6 Å². The van der Waals surface area contributed by atoms with Gasteiger partial charge in [-0.2, -0.15) is 0 Å². The molecule has 0 atom stereocenters. The smallest absolute Gasteiger partial charge is 0.178 e. The van der Waals surface area contributed by atoms with E-state index in [0.29, 0.717) is 28.9 Å². The molecule has 0 aliphatic heterocycles. The van der Waals surface area contributed by atoms with Crippen molar-refractivity contribution < 1.29 is 4.74 Å². The van der Waals surface area contributed by atoms with E-state index in [0.717, 1.165) is 10.9 Å². The molecule has 1 aliphatic rings. The summed E-state index contributed by atoms with van der Waals surface area (Å²) in [5.41, 5.74) is 2.26. The fourth-order valence-electron chi connectivity index (χ4n) is 2.32. The predicted octanol–water partition coefficient (Wildman–Crippen LogP) is 3.46. The quantitative estimate of drug-likeness (QED) is 0.680. The average molecular weight is 301 g/mol. The zero-order chi connectivity index (χ0) is 15.6. The summed E-state index contributed by atoms with van der Waals surface area (Å²) in [7, 11) is 1.63. The van der Waals surface area contributed by atoms with Crippen LogP contribution in [0.1, 0.15) is 18.5 Å². The first-order valence-electron chi connectivity index (χ1n) is 7.62. The van der Waals surface area contributed by atoms with Crippen LogP contribution in [-0.4, -0.2) is 22.1 Å². The Morgan fingerprint density at radius 3 is 2.78 bits per heavy atom. The number of aromatic nitrogens is 3. The van der Waals surface area contributed by atoms with E-state index in [9.17, 15) is 0 Å². The molecule has 112 valence electrons. The molecule has 4 heteroatoms. The highest BCUT2D eigenvalue weighted by atomic mass is 16.5. The maximum Gasteiger partial charge on any atom is 0.178 e. The first-order valence-corrected chi connectivity index (χ1v) is 7.62. The fourth-order valence-corrected chi connectivity index (χ4v) is 2.32. The van der Waals surface area contributed by atoms with E-state index in [1.807, 2.05) is 42.6 Å². The van der Waals surface area contributed by atoms with Gasteiger partial charge in [-0.3, -0.25) is 0 Å². The molecule has 1 aromatic carbocycles. The van der Waals surface area contributed by atoms with Crippen molar-refractivity contribution in [1.29, 1.82) is 0 Å². The summed E-state index contributed by atoms with van der Waals surface area (Å²) in [6.45, 7) is 0. The molecule has 1 aliphatic carbocycles. The largest absolute Gasteiger partial charge is 0.494 e. The van der Waals surface area contributed by atoms with Crippen LogP contribution in [-0.2, 0) is 0 Å². The van der Waals surface area contributed by atoms with Crippen molar-refractivity contribution in [2.45, 2.75) is 12.8 Å². The maximum atomic E-state index is 5.35. The summed E-state index contributed by atoms with van der Waals surface area (Å²) in [4.78, 5) is 13.6. The zero-order valence-corrected chi connectivity index (χ0v) is 12.8. The molecule has 0 N–H and O–H groups in total. The minimum atomic E-state index is 0.516. The Hall–Kier alpha value is -2.93. The van der Waals surface area contributed by atoms with Crippen LogP contribution in [0.25, 0.3) is 22.4 Å². The first-order chi connectivity index (χ1) is 11.3. The van der Waals surface area contributed by atoms with Crippen LogP contribution in [0, 0.1) is 17.8 Å². The van der Waals surface area contributed by atoms with Gasteiger partial charge in [-0.05, 0) is 37.0 Å². The lowest BCUT2D eigenvalue weighted by Gasteiger charge is -2.06. The summed E-state index contributed by atoms with van der Waals surface area (Å²) < 4.78 is 5.35. The number of fused-ring (bicyclic) bond motifs is 1. The van der Waals surface area contributed by atoms with Gasteiger partial charge in [-0.15, -0.1) is 0 Å². The van der Waals surface area contributed by atoms with Crippen LogP contribution in [0.5, 0.6) is 5.75 Å². The van der Waals surface area contributed by atoms with Gasteiger partial charge in [0, 0.05) is 17.5 Å². The molecule has 0 bridgehead atoms. The Kier molecular flexibility index (Phi) is 3.39. The Morgan fingerprint density at radius 1 is 1.09 bits per heavy atom. The minimum Gasteiger partial charge on any atom is -0.494 e. The van der Waals surface area contributed by atoms with Crippen LogP contribution in [0.4, 0.5) is 0 Å². The molecule has 0 unspecified atom stereocenters. The van der Waals surface area contributed by atoms with Gasteiger partial charge in [-0.1, -0.05) is 24.1 Å². The number of hydrogen-bond acceptors (Lipinski definition) is 4. The molecular weight excluding hydrogens is 286 g/mol. The first kappa shape index (κ1) is 13.7. The highest BCUT2D eigenvalue weighted by molar-refractivity contribution is 5.79. The summed E-state index contributed by atoms with van der Waals surface area (Å²) >= 11 is 0. The SMILES string of the molecule is COc1ccc(-c2ncc3ccccc3n2)nc1C#CC1CC1. The van der Waals surface area contributed by atoms with E-state index < -0.39 is 0 Å². The predicted molar refractivity (Wildman–Crippen MR) is 88.9 cm³/mol. The number of benzene rings is 1. The van der Waals surface area contributed by atoms with Gasteiger partial charge in [0.15, 0.2) is 17.3 Å². The van der Waals surface area contributed by atoms with E-state index in [-0.39, 0.29) is 0 Å². The number of rotatable bonds is 2. The van der Waals surface area contributed by atoms with Crippen LogP contribution < -0.4 is 4.74 Å². The highest BCUT2D eigenvalue weighted by Gasteiger charge is 2.18. The second kappa shape index (κ2) is 5.69. The van der Waals surface area contributed by atoms with E-state index in [2.05, 4.69) is 26.8 Å². The summed E-state index contributed by atoms with van der Waals surface area (Å²) in [5, 5.41) is 1.01. The molecule has 1 fully saturated rings. The Labute approximate surface area is 134 Å². The van der Waals surface area contributed by atoms with Crippen LogP contribution >= 0.6 is 0 Å². The standard InChI is InChI=1S/C19H15N3O/c1-23-18-11-10-17(21-16(18)9-8-13-6-7-13)19-20-12-14-4-2-3-5-15(14)22-19/h2-5,10-13H,6-7H2,1H3. The molecule has 1 saturated carbocycles. The summed E-state index contributed by atoms with van der Waals surface area (Å²) in [5.74, 6) is 8.15. The monoisotopic (exact) mass is 301 g/mol. The lowest BCUT2D eigenvalue weighted by Crippen LogP contribution is -1.97. The topological polar surface area (TPSA) is 47.9 Å². The molecule has 23 heavy (non-hydrogen) atoms. The van der Waals surface area contributed by atoms with E-state index in [1.54, 1.807) is 7.11 Å².